The van der Waals surface area contributed by atoms with E-state index in [0.29, 0.717) is 23.8 Å². The third-order valence-electron chi connectivity index (χ3n) is 4.06. The van der Waals surface area contributed by atoms with Gasteiger partial charge in [0.1, 0.15) is 17.6 Å². The van der Waals surface area contributed by atoms with E-state index in [1.54, 1.807) is 36.9 Å². The van der Waals surface area contributed by atoms with Gasteiger partial charge in [0.15, 0.2) is 5.82 Å². The second-order valence-corrected chi connectivity index (χ2v) is 5.96. The third-order valence-corrected chi connectivity index (χ3v) is 4.06. The van der Waals surface area contributed by atoms with Crippen LogP contribution in [0.4, 0.5) is 14.9 Å². The molecular formula is C15H15FN8O2. The molecule has 1 amide bonds. The average Bonchev–Trinajstić information content (AvgIpc) is 3.30. The van der Waals surface area contributed by atoms with Crippen LogP contribution in [0.1, 0.15) is 11.5 Å². The van der Waals surface area contributed by atoms with E-state index in [1.807, 2.05) is 0 Å². The first-order chi connectivity index (χ1) is 12.5. The highest BCUT2D eigenvalue weighted by Gasteiger charge is 2.33. The van der Waals surface area contributed by atoms with E-state index < -0.39 is 18.0 Å². The fourth-order valence-corrected chi connectivity index (χ4v) is 2.75. The number of hydrogen-bond acceptors (Lipinski definition) is 7. The van der Waals surface area contributed by atoms with E-state index in [9.17, 15) is 9.18 Å². The van der Waals surface area contributed by atoms with E-state index >= 15 is 0 Å². The number of cyclic esters (lactones) is 1. The molecule has 0 aliphatic carbocycles. The summed E-state index contributed by atoms with van der Waals surface area (Å²) in [5.74, 6) is 0.109. The average molecular weight is 358 g/mol. The van der Waals surface area contributed by atoms with Crippen molar-refractivity contribution in [3.05, 3.63) is 41.7 Å². The molecule has 3 aromatic rings. The largest absolute Gasteiger partial charge is 0.442 e. The van der Waals surface area contributed by atoms with Crippen LogP contribution >= 0.6 is 0 Å². The molecule has 4 rings (SSSR count). The maximum atomic E-state index is 14.5. The molecule has 0 radical (unpaired) electrons. The standard InChI is InChI=1S/C15H15FN8O2/c1-9-6-24(20-17-9)14-4-3-11(5-13(14)16)22-7-12(26-15(22)25)8-23-10(2)18-19-21-23/h3-6,12H,7-8H2,1-2H3. The Hall–Kier alpha value is -3.37. The zero-order valence-corrected chi connectivity index (χ0v) is 14.1. The quantitative estimate of drug-likeness (QED) is 0.686. The molecule has 10 nitrogen and oxygen atoms in total. The van der Waals surface area contributed by atoms with E-state index in [1.165, 1.54) is 15.6 Å². The molecule has 1 saturated heterocycles. The summed E-state index contributed by atoms with van der Waals surface area (Å²) in [7, 11) is 0. The first-order valence-corrected chi connectivity index (χ1v) is 7.91. The minimum Gasteiger partial charge on any atom is -0.442 e. The maximum absolute atomic E-state index is 14.5. The van der Waals surface area contributed by atoms with Gasteiger partial charge < -0.3 is 4.74 Å². The van der Waals surface area contributed by atoms with Gasteiger partial charge >= 0.3 is 6.09 Å². The number of benzene rings is 1. The van der Waals surface area contributed by atoms with Crippen molar-refractivity contribution in [2.75, 3.05) is 11.4 Å². The number of hydrogen-bond donors (Lipinski definition) is 0. The van der Waals surface area contributed by atoms with Gasteiger partial charge in [0.05, 0.1) is 30.7 Å². The molecule has 0 bridgehead atoms. The molecule has 1 aliphatic heterocycles. The molecule has 3 heterocycles. The molecule has 2 aromatic heterocycles. The predicted molar refractivity (Wildman–Crippen MR) is 86.2 cm³/mol. The number of nitrogens with zero attached hydrogens (tertiary/aromatic N) is 8. The lowest BCUT2D eigenvalue weighted by Gasteiger charge is -2.14. The van der Waals surface area contributed by atoms with Crippen molar-refractivity contribution in [3.63, 3.8) is 0 Å². The molecule has 26 heavy (non-hydrogen) atoms. The highest BCUT2D eigenvalue weighted by atomic mass is 19.1. The Bertz CT molecular complexity index is 968. The normalized spacial score (nSPS) is 17.0. The topological polar surface area (TPSA) is 104 Å². The van der Waals surface area contributed by atoms with Crippen LogP contribution in [0.5, 0.6) is 0 Å². The van der Waals surface area contributed by atoms with Crippen molar-refractivity contribution in [2.24, 2.45) is 0 Å². The van der Waals surface area contributed by atoms with Crippen molar-refractivity contribution >= 4 is 11.8 Å². The lowest BCUT2D eigenvalue weighted by molar-refractivity contribution is 0.128. The van der Waals surface area contributed by atoms with Gasteiger partial charge in [-0.3, -0.25) is 4.90 Å². The molecule has 1 aromatic carbocycles. The number of halogens is 1. The first kappa shape index (κ1) is 16.1. The smallest absolute Gasteiger partial charge is 0.414 e. The van der Waals surface area contributed by atoms with Gasteiger partial charge in [0.2, 0.25) is 0 Å². The van der Waals surface area contributed by atoms with E-state index in [2.05, 4.69) is 25.8 Å². The Morgan fingerprint density at radius 1 is 1.27 bits per heavy atom. The van der Waals surface area contributed by atoms with E-state index in [-0.39, 0.29) is 12.2 Å². The molecule has 1 atom stereocenters. The molecule has 0 saturated carbocycles. The summed E-state index contributed by atoms with van der Waals surface area (Å²) in [5.41, 5.74) is 1.34. The summed E-state index contributed by atoms with van der Waals surface area (Å²) in [4.78, 5) is 13.5. The van der Waals surface area contributed by atoms with E-state index in [4.69, 9.17) is 4.74 Å². The maximum Gasteiger partial charge on any atom is 0.414 e. The van der Waals surface area contributed by atoms with Gasteiger partial charge in [-0.25, -0.2) is 18.5 Å². The SMILES string of the molecule is Cc1cn(-c2ccc(N3CC(Cn4nnnc4C)OC3=O)cc2F)nn1. The second kappa shape index (κ2) is 6.17. The van der Waals surface area contributed by atoms with Crippen molar-refractivity contribution < 1.29 is 13.9 Å². The summed E-state index contributed by atoms with van der Waals surface area (Å²) < 4.78 is 22.7. The summed E-state index contributed by atoms with van der Waals surface area (Å²) in [6, 6.07) is 4.46. The molecule has 11 heteroatoms. The van der Waals surface area contributed by atoms with Crippen LogP contribution in [0, 0.1) is 19.7 Å². The van der Waals surface area contributed by atoms with Crippen molar-refractivity contribution in [2.45, 2.75) is 26.5 Å². The molecule has 0 spiro atoms. The summed E-state index contributed by atoms with van der Waals surface area (Å²) in [6.07, 6.45) is 0.655. The number of aryl methyl sites for hydroxylation is 2. The zero-order valence-electron chi connectivity index (χ0n) is 14.1. The first-order valence-electron chi connectivity index (χ1n) is 7.91. The minimum atomic E-state index is -0.538. The van der Waals surface area contributed by atoms with Crippen LogP contribution < -0.4 is 4.90 Å². The van der Waals surface area contributed by atoms with Crippen molar-refractivity contribution in [1.82, 2.24) is 35.2 Å². The van der Waals surface area contributed by atoms with Crippen molar-refractivity contribution in [3.8, 4) is 5.69 Å². The minimum absolute atomic E-state index is 0.253. The Morgan fingerprint density at radius 2 is 2.12 bits per heavy atom. The Balaban J connectivity index is 1.53. The number of aromatic nitrogens is 7. The molecule has 0 N–H and O–H groups in total. The Morgan fingerprint density at radius 3 is 2.77 bits per heavy atom. The molecule has 1 aliphatic rings. The van der Waals surface area contributed by atoms with Gasteiger partial charge in [-0.2, -0.15) is 0 Å². The zero-order chi connectivity index (χ0) is 18.3. The molecular weight excluding hydrogens is 343 g/mol. The highest BCUT2D eigenvalue weighted by molar-refractivity contribution is 5.89. The van der Waals surface area contributed by atoms with Crippen molar-refractivity contribution in [1.29, 1.82) is 0 Å². The number of amides is 1. The summed E-state index contributed by atoms with van der Waals surface area (Å²) in [5, 5.41) is 18.9. The predicted octanol–water partition coefficient (Wildman–Crippen LogP) is 1.04. The number of carbonyl (C=O) groups is 1. The third kappa shape index (κ3) is 2.87. The van der Waals surface area contributed by atoms with Crippen LogP contribution in [0.2, 0.25) is 0 Å². The second-order valence-electron chi connectivity index (χ2n) is 5.96. The van der Waals surface area contributed by atoms with Gasteiger partial charge in [-0.1, -0.05) is 5.21 Å². The van der Waals surface area contributed by atoms with Crippen LogP contribution in [0.3, 0.4) is 0 Å². The lowest BCUT2D eigenvalue weighted by atomic mass is 10.2. The monoisotopic (exact) mass is 358 g/mol. The van der Waals surface area contributed by atoms with Gasteiger partial charge in [-0.05, 0) is 42.5 Å². The molecule has 134 valence electrons. The van der Waals surface area contributed by atoms with Crippen LogP contribution in [-0.2, 0) is 11.3 Å². The lowest BCUT2D eigenvalue weighted by Crippen LogP contribution is -2.26. The van der Waals surface area contributed by atoms with Crippen LogP contribution in [0.15, 0.2) is 24.4 Å². The highest BCUT2D eigenvalue weighted by Crippen LogP contribution is 2.25. The van der Waals surface area contributed by atoms with Crippen LogP contribution in [0.25, 0.3) is 5.69 Å². The number of tetrazole rings is 1. The fourth-order valence-electron chi connectivity index (χ4n) is 2.75. The molecule has 1 fully saturated rings. The summed E-state index contributed by atoms with van der Waals surface area (Å²) >= 11 is 0. The van der Waals surface area contributed by atoms with Gasteiger partial charge in [0, 0.05) is 0 Å². The Kier molecular flexibility index (Phi) is 3.82. The van der Waals surface area contributed by atoms with Gasteiger partial charge in [-0.15, -0.1) is 10.2 Å². The number of rotatable bonds is 4. The number of carbonyl (C=O) groups excluding carboxylic acids is 1. The molecule has 1 unspecified atom stereocenters. The Labute approximate surface area is 147 Å². The summed E-state index contributed by atoms with van der Waals surface area (Å²) in [6.45, 7) is 4.14. The fraction of sp³-hybridized carbons (Fsp3) is 0.333. The van der Waals surface area contributed by atoms with Gasteiger partial charge in [0.25, 0.3) is 0 Å². The van der Waals surface area contributed by atoms with E-state index in [0.717, 1.165) is 0 Å². The number of anilines is 1. The van der Waals surface area contributed by atoms with Crippen LogP contribution in [-0.4, -0.2) is 53.9 Å². The number of ether oxygens (including phenoxy) is 1.